The van der Waals surface area contributed by atoms with E-state index in [4.69, 9.17) is 5.26 Å². The van der Waals surface area contributed by atoms with Gasteiger partial charge in [0.05, 0.1) is 5.56 Å². The van der Waals surface area contributed by atoms with Gasteiger partial charge in [0.1, 0.15) is 17.1 Å². The molecule has 1 aromatic carbocycles. The van der Waals surface area contributed by atoms with Gasteiger partial charge in [-0.2, -0.15) is 5.26 Å². The van der Waals surface area contributed by atoms with E-state index in [-0.39, 0.29) is 17.4 Å². The van der Waals surface area contributed by atoms with Gasteiger partial charge in [0, 0.05) is 11.5 Å². The fourth-order valence-electron chi connectivity index (χ4n) is 2.90. The van der Waals surface area contributed by atoms with Gasteiger partial charge >= 0.3 is 0 Å². The molecule has 0 saturated heterocycles. The molecule has 0 saturated carbocycles. The van der Waals surface area contributed by atoms with Crippen LogP contribution in [0.2, 0.25) is 0 Å². The second-order valence-corrected chi connectivity index (χ2v) is 8.82. The molecule has 5 heteroatoms. The van der Waals surface area contributed by atoms with Crippen molar-refractivity contribution >= 4 is 22.2 Å². The molecule has 0 aliphatic rings. The summed E-state index contributed by atoms with van der Waals surface area (Å²) < 4.78 is 0. The molecule has 0 aliphatic carbocycles. The van der Waals surface area contributed by atoms with E-state index in [1.165, 1.54) is 22.5 Å². The number of carbonyl (C=O) groups excluding carboxylic acids is 1. The number of quaternary nitrogens is 1. The summed E-state index contributed by atoms with van der Waals surface area (Å²) in [6.07, 6.45) is 0. The Balaban J connectivity index is 2.02. The quantitative estimate of drug-likeness (QED) is 0.811. The van der Waals surface area contributed by atoms with Crippen molar-refractivity contribution in [2.45, 2.75) is 46.1 Å². The highest BCUT2D eigenvalue weighted by molar-refractivity contribution is 7.14. The van der Waals surface area contributed by atoms with Crippen molar-refractivity contribution in [2.24, 2.45) is 5.92 Å². The van der Waals surface area contributed by atoms with Gasteiger partial charge in [-0.1, -0.05) is 58.9 Å². The number of nitrogens with zero attached hydrogens (tertiary/aromatic N) is 1. The SMILES string of the molecule is CC(C)[C@@H]([NH2+]CC(=O)Nc1sccc1C#N)c1ccc(C(C)(C)C)cc1. The summed E-state index contributed by atoms with van der Waals surface area (Å²) in [6, 6.07) is 12.7. The number of rotatable bonds is 6. The fraction of sp³-hybridized carbons (Fsp3) is 0.429. The minimum atomic E-state index is -0.0825. The average Bonchev–Trinajstić information content (AvgIpc) is 3.01. The van der Waals surface area contributed by atoms with E-state index >= 15 is 0 Å². The highest BCUT2D eigenvalue weighted by atomic mass is 32.1. The number of nitrogens with two attached hydrogens (primary N) is 1. The normalized spacial score (nSPS) is 12.7. The molecule has 1 aromatic heterocycles. The molecule has 0 spiro atoms. The Morgan fingerprint density at radius 3 is 2.42 bits per heavy atom. The maximum absolute atomic E-state index is 12.3. The first kappa shape index (κ1) is 20.2. The van der Waals surface area contributed by atoms with Crippen molar-refractivity contribution in [1.29, 1.82) is 5.26 Å². The maximum Gasteiger partial charge on any atom is 0.280 e. The van der Waals surface area contributed by atoms with Gasteiger partial charge in [-0.05, 0) is 22.4 Å². The zero-order chi connectivity index (χ0) is 19.3. The lowest BCUT2D eigenvalue weighted by atomic mass is 9.85. The van der Waals surface area contributed by atoms with E-state index in [1.807, 2.05) is 5.38 Å². The molecule has 1 atom stereocenters. The lowest BCUT2D eigenvalue weighted by molar-refractivity contribution is -0.692. The third-order valence-electron chi connectivity index (χ3n) is 4.48. The molecule has 138 valence electrons. The second-order valence-electron chi connectivity index (χ2n) is 7.91. The van der Waals surface area contributed by atoms with E-state index < -0.39 is 0 Å². The van der Waals surface area contributed by atoms with Crippen molar-refractivity contribution in [3.63, 3.8) is 0 Å². The van der Waals surface area contributed by atoms with Crippen LogP contribution < -0.4 is 10.6 Å². The largest absolute Gasteiger partial charge is 0.332 e. The Labute approximate surface area is 160 Å². The second kappa shape index (κ2) is 8.48. The minimum Gasteiger partial charge on any atom is -0.332 e. The zero-order valence-electron chi connectivity index (χ0n) is 16.2. The lowest BCUT2D eigenvalue weighted by Crippen LogP contribution is -2.88. The number of benzene rings is 1. The van der Waals surface area contributed by atoms with Crippen LogP contribution in [0.4, 0.5) is 5.00 Å². The first-order valence-electron chi connectivity index (χ1n) is 8.93. The van der Waals surface area contributed by atoms with E-state index in [1.54, 1.807) is 6.07 Å². The summed E-state index contributed by atoms with van der Waals surface area (Å²) in [5, 5.41) is 16.4. The Hall–Kier alpha value is -2.16. The highest BCUT2D eigenvalue weighted by Gasteiger charge is 2.22. The van der Waals surface area contributed by atoms with Gasteiger partial charge in [-0.15, -0.1) is 11.3 Å². The molecule has 1 heterocycles. The highest BCUT2D eigenvalue weighted by Crippen LogP contribution is 2.25. The summed E-state index contributed by atoms with van der Waals surface area (Å²) in [7, 11) is 0. The number of hydrogen-bond acceptors (Lipinski definition) is 3. The number of amides is 1. The Kier molecular flexibility index (Phi) is 6.57. The molecule has 4 nitrogen and oxygen atoms in total. The Morgan fingerprint density at radius 1 is 1.23 bits per heavy atom. The Bertz CT molecular complexity index is 779. The predicted octanol–water partition coefficient (Wildman–Crippen LogP) is 3.82. The number of nitrogens with one attached hydrogen (secondary N) is 1. The first-order chi connectivity index (χ1) is 12.2. The molecule has 0 radical (unpaired) electrons. The molecule has 0 fully saturated rings. The van der Waals surface area contributed by atoms with E-state index in [9.17, 15) is 4.79 Å². The number of anilines is 1. The van der Waals surface area contributed by atoms with Crippen LogP contribution in [0.1, 0.15) is 57.4 Å². The molecule has 0 bridgehead atoms. The van der Waals surface area contributed by atoms with Crippen LogP contribution in [-0.4, -0.2) is 12.5 Å². The third kappa shape index (κ3) is 5.17. The van der Waals surface area contributed by atoms with Crippen molar-refractivity contribution in [1.82, 2.24) is 0 Å². The molecular formula is C21H28N3OS+. The molecule has 26 heavy (non-hydrogen) atoms. The van der Waals surface area contributed by atoms with Crippen molar-refractivity contribution in [3.05, 3.63) is 52.4 Å². The monoisotopic (exact) mass is 370 g/mol. The van der Waals surface area contributed by atoms with E-state index in [2.05, 4.69) is 75.6 Å². The van der Waals surface area contributed by atoms with Crippen LogP contribution in [0.25, 0.3) is 0 Å². The van der Waals surface area contributed by atoms with Crippen molar-refractivity contribution < 1.29 is 10.1 Å². The van der Waals surface area contributed by atoms with Crippen molar-refractivity contribution in [2.75, 3.05) is 11.9 Å². The van der Waals surface area contributed by atoms with Crippen LogP contribution in [0.5, 0.6) is 0 Å². The number of hydrogen-bond donors (Lipinski definition) is 2. The summed E-state index contributed by atoms with van der Waals surface area (Å²) in [5.41, 5.74) is 3.19. The minimum absolute atomic E-state index is 0.0825. The van der Waals surface area contributed by atoms with Gasteiger partial charge in [0.15, 0.2) is 6.54 Å². The average molecular weight is 371 g/mol. The van der Waals surface area contributed by atoms with Gasteiger partial charge < -0.3 is 10.6 Å². The van der Waals surface area contributed by atoms with Gasteiger partial charge in [0.25, 0.3) is 5.91 Å². The van der Waals surface area contributed by atoms with Crippen LogP contribution in [0.3, 0.4) is 0 Å². The molecule has 0 aliphatic heterocycles. The first-order valence-corrected chi connectivity index (χ1v) is 9.81. The predicted molar refractivity (Wildman–Crippen MR) is 107 cm³/mol. The topological polar surface area (TPSA) is 69.5 Å². The van der Waals surface area contributed by atoms with E-state index in [0.29, 0.717) is 23.0 Å². The van der Waals surface area contributed by atoms with Gasteiger partial charge in [-0.3, -0.25) is 4.79 Å². The Morgan fingerprint density at radius 2 is 1.88 bits per heavy atom. The summed E-state index contributed by atoms with van der Waals surface area (Å²) in [4.78, 5) is 12.3. The fourth-order valence-corrected chi connectivity index (χ4v) is 3.66. The number of carbonyl (C=O) groups is 1. The molecule has 3 N–H and O–H groups in total. The molecule has 2 rings (SSSR count). The van der Waals surface area contributed by atoms with Crippen LogP contribution >= 0.6 is 11.3 Å². The van der Waals surface area contributed by atoms with E-state index in [0.717, 1.165) is 0 Å². The number of nitriles is 1. The van der Waals surface area contributed by atoms with Crippen molar-refractivity contribution in [3.8, 4) is 6.07 Å². The summed E-state index contributed by atoms with van der Waals surface area (Å²) >= 11 is 1.37. The van der Waals surface area contributed by atoms with Crippen LogP contribution in [-0.2, 0) is 10.2 Å². The molecule has 1 amide bonds. The lowest BCUT2D eigenvalue weighted by Gasteiger charge is -2.22. The molecular weight excluding hydrogens is 342 g/mol. The molecule has 2 aromatic rings. The van der Waals surface area contributed by atoms with Gasteiger partial charge in [-0.25, -0.2) is 0 Å². The smallest absolute Gasteiger partial charge is 0.280 e. The summed E-state index contributed by atoms with van der Waals surface area (Å²) in [6.45, 7) is 11.3. The standard InChI is InChI=1S/C21H27N3OS/c1-14(2)19(15-6-8-17(9-7-15)21(3,4)5)23-13-18(25)24-20-16(12-22)10-11-26-20/h6-11,14,19,23H,13H2,1-5H3,(H,24,25)/p+1/t19-/m1/s1. The summed E-state index contributed by atoms with van der Waals surface area (Å²) in [5.74, 6) is 0.320. The van der Waals surface area contributed by atoms with Gasteiger partial charge in [0.2, 0.25) is 0 Å². The number of thiophene rings is 1. The molecule has 0 unspecified atom stereocenters. The zero-order valence-corrected chi connectivity index (χ0v) is 17.0. The maximum atomic E-state index is 12.3. The van der Waals surface area contributed by atoms with Crippen LogP contribution in [0, 0.1) is 17.2 Å². The third-order valence-corrected chi connectivity index (χ3v) is 5.31. The van der Waals surface area contributed by atoms with Crippen LogP contribution in [0.15, 0.2) is 35.7 Å².